The third-order valence-corrected chi connectivity index (χ3v) is 3.87. The van der Waals surface area contributed by atoms with E-state index in [4.69, 9.17) is 0 Å². The molecule has 5 nitrogen and oxygen atoms in total. The molecular formula is C19H34O5. The van der Waals surface area contributed by atoms with E-state index in [1.54, 1.807) is 0 Å². The molecule has 0 aliphatic heterocycles. The zero-order valence-electron chi connectivity index (χ0n) is 15.1. The Morgan fingerprint density at radius 2 is 1.67 bits per heavy atom. The van der Waals surface area contributed by atoms with Crippen molar-refractivity contribution in [1.82, 2.24) is 0 Å². The Morgan fingerprint density at radius 1 is 1.00 bits per heavy atom. The lowest BCUT2D eigenvalue weighted by Gasteiger charge is -2.12. The molecule has 24 heavy (non-hydrogen) atoms. The molecule has 0 amide bonds. The summed E-state index contributed by atoms with van der Waals surface area (Å²) in [6.07, 6.45) is 12.1. The fraction of sp³-hybridized carbons (Fsp3) is 0.737. The first-order valence-corrected chi connectivity index (χ1v) is 8.95. The van der Waals surface area contributed by atoms with E-state index in [9.17, 15) is 20.1 Å². The van der Waals surface area contributed by atoms with Crippen LogP contribution in [-0.2, 0) is 9.53 Å². The fourth-order valence-electron chi connectivity index (χ4n) is 2.16. The molecule has 3 N–H and O–H groups in total. The Kier molecular flexibility index (Phi) is 14.6. The Balaban J connectivity index is 3.60. The van der Waals surface area contributed by atoms with Crippen molar-refractivity contribution >= 4 is 5.97 Å². The van der Waals surface area contributed by atoms with E-state index >= 15 is 0 Å². The number of esters is 1. The van der Waals surface area contributed by atoms with Crippen molar-refractivity contribution in [2.45, 2.75) is 83.0 Å². The Labute approximate surface area is 146 Å². The first-order valence-electron chi connectivity index (χ1n) is 8.95. The van der Waals surface area contributed by atoms with E-state index in [-0.39, 0.29) is 5.97 Å². The van der Waals surface area contributed by atoms with Crippen molar-refractivity contribution in [3.63, 3.8) is 0 Å². The molecule has 0 aliphatic rings. The highest BCUT2D eigenvalue weighted by atomic mass is 16.5. The standard InChI is InChI=1S/C19H34O5/c1-3-16(20)14-15-18(22)17(21)12-10-8-6-4-5-7-9-11-13-19(23)24-2/h8,10,14-18,20-22H,3-7,9,11-13H2,1-2H3/b10-8-,15-14-. The number of carbonyl (C=O) groups excluding carboxylic acids is 1. The van der Waals surface area contributed by atoms with Crippen LogP contribution < -0.4 is 0 Å². The monoisotopic (exact) mass is 342 g/mol. The molecule has 0 spiro atoms. The molecule has 0 saturated carbocycles. The van der Waals surface area contributed by atoms with Crippen molar-refractivity contribution < 1.29 is 24.9 Å². The molecule has 5 heteroatoms. The predicted octanol–water partition coefficient (Wildman–Crippen LogP) is 2.89. The predicted molar refractivity (Wildman–Crippen MR) is 95.5 cm³/mol. The SMILES string of the molecule is CCC(O)/C=C\C(O)C(O)C/C=C\CCCCCCCC(=O)OC. The van der Waals surface area contributed by atoms with Gasteiger partial charge in [-0.1, -0.05) is 50.5 Å². The number of methoxy groups -OCH3 is 1. The van der Waals surface area contributed by atoms with Crippen LogP contribution in [0.15, 0.2) is 24.3 Å². The van der Waals surface area contributed by atoms with Gasteiger partial charge in [0, 0.05) is 6.42 Å². The van der Waals surface area contributed by atoms with E-state index in [1.807, 2.05) is 19.1 Å². The summed E-state index contributed by atoms with van der Waals surface area (Å²) >= 11 is 0. The Hall–Kier alpha value is -1.17. The fourth-order valence-corrected chi connectivity index (χ4v) is 2.16. The van der Waals surface area contributed by atoms with E-state index in [2.05, 4.69) is 4.74 Å². The number of aliphatic hydroxyl groups excluding tert-OH is 3. The summed E-state index contributed by atoms with van der Waals surface area (Å²) in [6.45, 7) is 1.85. The number of carbonyl (C=O) groups is 1. The number of ether oxygens (including phenoxy) is 1. The van der Waals surface area contributed by atoms with Crippen LogP contribution in [0.3, 0.4) is 0 Å². The van der Waals surface area contributed by atoms with Gasteiger partial charge in [0.05, 0.1) is 25.4 Å². The second kappa shape index (κ2) is 15.4. The van der Waals surface area contributed by atoms with Gasteiger partial charge in [0.2, 0.25) is 0 Å². The van der Waals surface area contributed by atoms with Gasteiger partial charge in [-0.15, -0.1) is 0 Å². The van der Waals surface area contributed by atoms with Crippen LogP contribution in [0.2, 0.25) is 0 Å². The van der Waals surface area contributed by atoms with Gasteiger partial charge >= 0.3 is 5.97 Å². The molecule has 3 atom stereocenters. The molecule has 3 unspecified atom stereocenters. The number of rotatable bonds is 14. The number of hydrogen-bond acceptors (Lipinski definition) is 5. The maximum Gasteiger partial charge on any atom is 0.305 e. The molecule has 0 saturated heterocycles. The lowest BCUT2D eigenvalue weighted by molar-refractivity contribution is -0.140. The minimum atomic E-state index is -0.953. The maximum absolute atomic E-state index is 10.9. The van der Waals surface area contributed by atoms with E-state index in [0.29, 0.717) is 19.3 Å². The Bertz CT molecular complexity index is 365. The van der Waals surface area contributed by atoms with Gasteiger partial charge in [-0.2, -0.15) is 0 Å². The first kappa shape index (κ1) is 22.8. The van der Waals surface area contributed by atoms with Crippen molar-refractivity contribution in [1.29, 1.82) is 0 Å². The minimum Gasteiger partial charge on any atom is -0.469 e. The van der Waals surface area contributed by atoms with Crippen LogP contribution in [0.4, 0.5) is 0 Å². The molecule has 0 bridgehead atoms. The van der Waals surface area contributed by atoms with Gasteiger partial charge < -0.3 is 20.1 Å². The van der Waals surface area contributed by atoms with Crippen LogP contribution in [0, 0.1) is 0 Å². The van der Waals surface area contributed by atoms with Crippen LogP contribution >= 0.6 is 0 Å². The summed E-state index contributed by atoms with van der Waals surface area (Å²) < 4.78 is 4.59. The van der Waals surface area contributed by atoms with Crippen LogP contribution in [0.25, 0.3) is 0 Å². The summed E-state index contributed by atoms with van der Waals surface area (Å²) in [5.41, 5.74) is 0. The van der Waals surface area contributed by atoms with Gasteiger partial charge in [0.25, 0.3) is 0 Å². The van der Waals surface area contributed by atoms with Crippen LogP contribution in [-0.4, -0.2) is 46.7 Å². The summed E-state index contributed by atoms with van der Waals surface area (Å²) in [5, 5.41) is 28.9. The van der Waals surface area contributed by atoms with Crippen molar-refractivity contribution in [3.8, 4) is 0 Å². The van der Waals surface area contributed by atoms with Crippen LogP contribution in [0.5, 0.6) is 0 Å². The average molecular weight is 342 g/mol. The molecule has 0 fully saturated rings. The zero-order chi connectivity index (χ0) is 18.2. The van der Waals surface area contributed by atoms with E-state index < -0.39 is 18.3 Å². The lowest BCUT2D eigenvalue weighted by atomic mass is 10.1. The van der Waals surface area contributed by atoms with Crippen molar-refractivity contribution in [2.24, 2.45) is 0 Å². The summed E-state index contributed by atoms with van der Waals surface area (Å²) in [5.74, 6) is -0.141. The molecule has 0 rings (SSSR count). The Morgan fingerprint density at radius 3 is 2.33 bits per heavy atom. The smallest absolute Gasteiger partial charge is 0.305 e. The number of unbranched alkanes of at least 4 members (excludes halogenated alkanes) is 5. The highest BCUT2D eigenvalue weighted by molar-refractivity contribution is 5.68. The second-order valence-electron chi connectivity index (χ2n) is 6.01. The summed E-state index contributed by atoms with van der Waals surface area (Å²) in [7, 11) is 1.41. The number of hydrogen-bond donors (Lipinski definition) is 3. The summed E-state index contributed by atoms with van der Waals surface area (Å²) in [4.78, 5) is 10.9. The van der Waals surface area contributed by atoms with E-state index in [1.165, 1.54) is 19.3 Å². The van der Waals surface area contributed by atoms with Gasteiger partial charge in [-0.25, -0.2) is 0 Å². The van der Waals surface area contributed by atoms with Gasteiger partial charge in [0.15, 0.2) is 0 Å². The normalized spacial score (nSPS) is 15.7. The number of aliphatic hydroxyl groups is 3. The molecule has 0 aromatic rings. The number of allylic oxidation sites excluding steroid dienone is 1. The molecular weight excluding hydrogens is 308 g/mol. The highest BCUT2D eigenvalue weighted by Crippen LogP contribution is 2.09. The topological polar surface area (TPSA) is 87.0 Å². The quantitative estimate of drug-likeness (QED) is 0.257. The summed E-state index contributed by atoms with van der Waals surface area (Å²) in [6, 6.07) is 0. The minimum absolute atomic E-state index is 0.141. The second-order valence-corrected chi connectivity index (χ2v) is 6.01. The third-order valence-electron chi connectivity index (χ3n) is 3.87. The third kappa shape index (κ3) is 13.3. The van der Waals surface area contributed by atoms with Gasteiger partial charge in [0.1, 0.15) is 0 Å². The molecule has 0 aromatic heterocycles. The zero-order valence-corrected chi connectivity index (χ0v) is 15.1. The van der Waals surface area contributed by atoms with E-state index in [0.717, 1.165) is 38.5 Å². The molecule has 0 heterocycles. The first-order chi connectivity index (χ1) is 11.5. The largest absolute Gasteiger partial charge is 0.469 e. The van der Waals surface area contributed by atoms with Gasteiger partial charge in [-0.3, -0.25) is 4.79 Å². The van der Waals surface area contributed by atoms with Crippen molar-refractivity contribution in [3.05, 3.63) is 24.3 Å². The molecule has 0 radical (unpaired) electrons. The average Bonchev–Trinajstić information content (AvgIpc) is 2.60. The molecule has 0 aromatic carbocycles. The van der Waals surface area contributed by atoms with Crippen molar-refractivity contribution in [2.75, 3.05) is 7.11 Å². The van der Waals surface area contributed by atoms with Crippen LogP contribution in [0.1, 0.15) is 64.7 Å². The van der Waals surface area contributed by atoms with Gasteiger partial charge in [-0.05, 0) is 32.1 Å². The molecule has 140 valence electrons. The molecule has 0 aliphatic carbocycles. The maximum atomic E-state index is 10.9. The lowest BCUT2D eigenvalue weighted by Crippen LogP contribution is -2.23. The highest BCUT2D eigenvalue weighted by Gasteiger charge is 2.11.